The summed E-state index contributed by atoms with van der Waals surface area (Å²) in [6.45, 7) is -0.207. The van der Waals surface area contributed by atoms with Crippen molar-refractivity contribution < 1.29 is 14.4 Å². The van der Waals surface area contributed by atoms with Gasteiger partial charge in [0, 0.05) is 7.11 Å². The van der Waals surface area contributed by atoms with E-state index in [0.717, 1.165) is 19.3 Å². The zero-order valence-electron chi connectivity index (χ0n) is 8.64. The minimum absolute atomic E-state index is 0.207. The third-order valence-corrected chi connectivity index (χ3v) is 2.92. The molecule has 0 radical (unpaired) electrons. The summed E-state index contributed by atoms with van der Waals surface area (Å²) in [4.78, 5) is 4.16. The molecule has 1 saturated carbocycles. The maximum Gasteiger partial charge on any atom is 0.246 e. The van der Waals surface area contributed by atoms with Crippen molar-refractivity contribution in [1.82, 2.24) is 10.1 Å². The molecule has 0 amide bonds. The quantitative estimate of drug-likeness (QED) is 0.736. The Kier molecular flexibility index (Phi) is 2.72. The number of hydrogen-bond acceptors (Lipinski definition) is 6. The van der Waals surface area contributed by atoms with E-state index >= 15 is 0 Å². The molecule has 3 N–H and O–H groups in total. The molecule has 1 aromatic heterocycles. The van der Waals surface area contributed by atoms with Crippen LogP contribution in [0.3, 0.4) is 0 Å². The maximum absolute atomic E-state index is 8.84. The Bertz CT molecular complexity index is 330. The van der Waals surface area contributed by atoms with Gasteiger partial charge in [0.25, 0.3) is 0 Å². The summed E-state index contributed by atoms with van der Waals surface area (Å²) in [6.07, 6.45) is 2.90. The first-order chi connectivity index (χ1) is 7.22. The van der Waals surface area contributed by atoms with Crippen molar-refractivity contribution in [1.29, 1.82) is 0 Å². The lowest BCUT2D eigenvalue weighted by Gasteiger charge is -2.37. The van der Waals surface area contributed by atoms with E-state index in [2.05, 4.69) is 10.1 Å². The highest BCUT2D eigenvalue weighted by Gasteiger charge is 2.43. The summed E-state index contributed by atoms with van der Waals surface area (Å²) in [5, 5.41) is 12.7. The second-order valence-corrected chi connectivity index (χ2v) is 3.80. The second-order valence-electron chi connectivity index (χ2n) is 3.80. The van der Waals surface area contributed by atoms with Crippen LogP contribution < -0.4 is 5.73 Å². The van der Waals surface area contributed by atoms with E-state index in [1.165, 1.54) is 0 Å². The van der Waals surface area contributed by atoms with Crippen molar-refractivity contribution in [2.75, 3.05) is 13.7 Å². The number of rotatable bonds is 4. The number of nitrogens with two attached hydrogens (primary N) is 1. The van der Waals surface area contributed by atoms with E-state index in [0.29, 0.717) is 5.82 Å². The molecule has 1 aromatic rings. The minimum Gasteiger partial charge on any atom is -0.394 e. The number of ether oxygens (including phenoxy) is 1. The number of aliphatic hydroxyl groups is 1. The Morgan fingerprint density at radius 3 is 2.87 bits per heavy atom. The van der Waals surface area contributed by atoms with Crippen LogP contribution >= 0.6 is 0 Å². The summed E-state index contributed by atoms with van der Waals surface area (Å²) < 4.78 is 10.4. The van der Waals surface area contributed by atoms with Crippen molar-refractivity contribution in [3.05, 3.63) is 11.7 Å². The fourth-order valence-electron chi connectivity index (χ4n) is 1.67. The fraction of sp³-hybridized carbons (Fsp3) is 0.778. The van der Waals surface area contributed by atoms with E-state index in [9.17, 15) is 0 Å². The summed E-state index contributed by atoms with van der Waals surface area (Å²) in [6, 6.07) is -0.611. The third-order valence-electron chi connectivity index (χ3n) is 2.92. The van der Waals surface area contributed by atoms with Gasteiger partial charge in [-0.25, -0.2) is 0 Å². The van der Waals surface area contributed by atoms with E-state index in [4.69, 9.17) is 20.1 Å². The van der Waals surface area contributed by atoms with Crippen LogP contribution in [0.2, 0.25) is 0 Å². The van der Waals surface area contributed by atoms with Crippen LogP contribution in [0.25, 0.3) is 0 Å². The molecule has 0 aromatic carbocycles. The Morgan fingerprint density at radius 1 is 1.67 bits per heavy atom. The molecular weight excluding hydrogens is 198 g/mol. The molecule has 0 saturated heterocycles. The van der Waals surface area contributed by atoms with Crippen molar-refractivity contribution >= 4 is 0 Å². The monoisotopic (exact) mass is 213 g/mol. The molecule has 1 heterocycles. The molecular formula is C9H15N3O3. The highest BCUT2D eigenvalue weighted by atomic mass is 16.5. The van der Waals surface area contributed by atoms with Crippen molar-refractivity contribution in [3.8, 4) is 0 Å². The number of aromatic nitrogens is 2. The molecule has 1 fully saturated rings. The minimum atomic E-state index is -0.611. The van der Waals surface area contributed by atoms with Crippen LogP contribution in [0.5, 0.6) is 0 Å². The molecule has 1 atom stereocenters. The summed E-state index contributed by atoms with van der Waals surface area (Å²) in [5.41, 5.74) is 5.17. The van der Waals surface area contributed by atoms with Gasteiger partial charge in [0.05, 0.1) is 6.61 Å². The van der Waals surface area contributed by atoms with E-state index in [1.54, 1.807) is 7.11 Å². The van der Waals surface area contributed by atoms with Gasteiger partial charge in [0.1, 0.15) is 11.6 Å². The number of nitrogens with zero attached hydrogens (tertiary/aromatic N) is 2. The van der Waals surface area contributed by atoms with Gasteiger partial charge in [-0.3, -0.25) is 0 Å². The fourth-order valence-corrected chi connectivity index (χ4v) is 1.67. The average Bonchev–Trinajstić information content (AvgIpc) is 2.65. The first-order valence-corrected chi connectivity index (χ1v) is 4.97. The third kappa shape index (κ3) is 1.64. The first-order valence-electron chi connectivity index (χ1n) is 4.97. The Morgan fingerprint density at radius 2 is 2.40 bits per heavy atom. The zero-order chi connectivity index (χ0) is 10.9. The standard InChI is InChI=1S/C9H15N3O3/c1-14-9(3-2-4-9)8-11-7(15-12-8)6(10)5-13/h6,13H,2-5,10H2,1H3. The van der Waals surface area contributed by atoms with Gasteiger partial charge in [-0.2, -0.15) is 4.98 Å². The largest absolute Gasteiger partial charge is 0.394 e. The van der Waals surface area contributed by atoms with E-state index < -0.39 is 11.6 Å². The van der Waals surface area contributed by atoms with Gasteiger partial charge in [0.2, 0.25) is 11.7 Å². The molecule has 0 bridgehead atoms. The molecule has 2 rings (SSSR count). The lowest BCUT2D eigenvalue weighted by Crippen LogP contribution is -2.37. The highest BCUT2D eigenvalue weighted by Crippen LogP contribution is 2.42. The number of aliphatic hydroxyl groups excluding tert-OH is 1. The molecule has 1 aliphatic carbocycles. The normalized spacial score (nSPS) is 21.0. The average molecular weight is 213 g/mol. The van der Waals surface area contributed by atoms with Gasteiger partial charge in [-0.15, -0.1) is 0 Å². The van der Waals surface area contributed by atoms with Crippen LogP contribution in [-0.2, 0) is 10.3 Å². The first kappa shape index (κ1) is 10.5. The van der Waals surface area contributed by atoms with Crippen molar-refractivity contribution in [2.24, 2.45) is 5.73 Å². The molecule has 84 valence electrons. The summed E-state index contributed by atoms with van der Waals surface area (Å²) in [5.74, 6) is 0.797. The Labute approximate surface area is 87.4 Å². The molecule has 0 aliphatic heterocycles. The molecule has 6 nitrogen and oxygen atoms in total. The molecule has 15 heavy (non-hydrogen) atoms. The van der Waals surface area contributed by atoms with E-state index in [-0.39, 0.29) is 12.5 Å². The Hall–Kier alpha value is -0.980. The van der Waals surface area contributed by atoms with E-state index in [1.807, 2.05) is 0 Å². The lowest BCUT2D eigenvalue weighted by atomic mass is 9.79. The molecule has 6 heteroatoms. The van der Waals surface area contributed by atoms with Crippen LogP contribution in [0.15, 0.2) is 4.52 Å². The lowest BCUT2D eigenvalue weighted by molar-refractivity contribution is -0.0858. The molecule has 0 spiro atoms. The second kappa shape index (κ2) is 3.88. The predicted molar refractivity (Wildman–Crippen MR) is 50.9 cm³/mol. The topological polar surface area (TPSA) is 94.4 Å². The summed E-state index contributed by atoms with van der Waals surface area (Å²) in [7, 11) is 1.64. The van der Waals surface area contributed by atoms with Crippen LogP contribution in [0.4, 0.5) is 0 Å². The van der Waals surface area contributed by atoms with Gasteiger partial charge < -0.3 is 20.1 Å². The molecule has 1 unspecified atom stereocenters. The number of methoxy groups -OCH3 is 1. The van der Waals surface area contributed by atoms with Crippen LogP contribution in [-0.4, -0.2) is 29.0 Å². The van der Waals surface area contributed by atoms with Gasteiger partial charge >= 0.3 is 0 Å². The zero-order valence-corrected chi connectivity index (χ0v) is 8.64. The van der Waals surface area contributed by atoms with Crippen LogP contribution in [0.1, 0.15) is 37.0 Å². The maximum atomic E-state index is 8.84. The van der Waals surface area contributed by atoms with Crippen molar-refractivity contribution in [2.45, 2.75) is 30.9 Å². The van der Waals surface area contributed by atoms with Crippen molar-refractivity contribution in [3.63, 3.8) is 0 Å². The Balaban J connectivity index is 2.19. The SMILES string of the molecule is COC1(c2noc(C(N)CO)n2)CCC1. The van der Waals surface area contributed by atoms with Gasteiger partial charge in [-0.1, -0.05) is 5.16 Å². The number of hydrogen-bond donors (Lipinski definition) is 2. The van der Waals surface area contributed by atoms with Gasteiger partial charge in [0.15, 0.2) is 0 Å². The van der Waals surface area contributed by atoms with Crippen LogP contribution in [0, 0.1) is 0 Å². The highest BCUT2D eigenvalue weighted by molar-refractivity contribution is 5.07. The predicted octanol–water partition coefficient (Wildman–Crippen LogP) is 0.0873. The van der Waals surface area contributed by atoms with Gasteiger partial charge in [-0.05, 0) is 19.3 Å². The smallest absolute Gasteiger partial charge is 0.246 e. The molecule has 1 aliphatic rings. The summed E-state index contributed by atoms with van der Waals surface area (Å²) >= 11 is 0.